The number of aryl methyl sites for hydroxylation is 2. The van der Waals surface area contributed by atoms with E-state index in [-0.39, 0.29) is 5.92 Å². The van der Waals surface area contributed by atoms with Crippen molar-refractivity contribution in [3.8, 4) is 23.1 Å². The lowest BCUT2D eigenvalue weighted by atomic mass is 9.92. The Bertz CT molecular complexity index is 1150. The van der Waals surface area contributed by atoms with Crippen LogP contribution < -0.4 is 4.74 Å². The van der Waals surface area contributed by atoms with E-state index < -0.39 is 0 Å². The van der Waals surface area contributed by atoms with Crippen LogP contribution >= 0.6 is 0 Å². The first-order valence-electron chi connectivity index (χ1n) is 9.64. The summed E-state index contributed by atoms with van der Waals surface area (Å²) in [6.07, 6.45) is 9.47. The number of aromatic nitrogens is 7. The number of rotatable bonds is 4. The molecule has 146 valence electrons. The van der Waals surface area contributed by atoms with Crippen LogP contribution in [-0.4, -0.2) is 41.4 Å². The van der Waals surface area contributed by atoms with Crippen molar-refractivity contribution in [2.24, 2.45) is 0 Å². The summed E-state index contributed by atoms with van der Waals surface area (Å²) in [6.45, 7) is 2.82. The van der Waals surface area contributed by atoms with Crippen LogP contribution in [0, 0.1) is 6.92 Å². The Balaban J connectivity index is 1.53. The molecule has 0 saturated heterocycles. The second kappa shape index (κ2) is 7.12. The molecule has 1 atom stereocenters. The maximum absolute atomic E-state index is 5.53. The second-order valence-corrected chi connectivity index (χ2v) is 7.14. The van der Waals surface area contributed by atoms with Gasteiger partial charge in [0.2, 0.25) is 5.88 Å². The van der Waals surface area contributed by atoms with Crippen molar-refractivity contribution in [1.29, 1.82) is 0 Å². The number of ether oxygens (including phenoxy) is 1. The number of hydrogen-bond acceptors (Lipinski definition) is 6. The normalized spacial score (nSPS) is 15.9. The first-order valence-corrected chi connectivity index (χ1v) is 9.64. The predicted octanol–water partition coefficient (Wildman–Crippen LogP) is 3.16. The van der Waals surface area contributed by atoms with Crippen molar-refractivity contribution >= 4 is 0 Å². The van der Waals surface area contributed by atoms with Crippen LogP contribution in [0.25, 0.3) is 17.2 Å². The molecule has 0 unspecified atom stereocenters. The van der Waals surface area contributed by atoms with Gasteiger partial charge in [-0.05, 0) is 49.6 Å². The van der Waals surface area contributed by atoms with Gasteiger partial charge in [-0.1, -0.05) is 0 Å². The minimum absolute atomic E-state index is 0.225. The summed E-state index contributed by atoms with van der Waals surface area (Å²) in [7, 11) is 1.62. The van der Waals surface area contributed by atoms with Crippen LogP contribution in [0.3, 0.4) is 0 Å². The van der Waals surface area contributed by atoms with E-state index in [2.05, 4.69) is 27.1 Å². The molecule has 0 aromatic carbocycles. The summed E-state index contributed by atoms with van der Waals surface area (Å²) in [4.78, 5) is 17.9. The zero-order chi connectivity index (χ0) is 19.8. The molecule has 1 aliphatic rings. The molecule has 1 aliphatic heterocycles. The minimum atomic E-state index is 0.225. The van der Waals surface area contributed by atoms with Gasteiger partial charge in [0.1, 0.15) is 17.2 Å². The number of nitrogens with zero attached hydrogens (tertiary/aromatic N) is 7. The average molecular weight is 387 g/mol. The van der Waals surface area contributed by atoms with Crippen molar-refractivity contribution in [1.82, 2.24) is 34.3 Å². The molecule has 4 aromatic rings. The SMILES string of the molecule is COc1nc(-c2nc3n(n2)CCC[C@H]3c2ccncc2)ccc1-n1cnc(C)c1. The highest BCUT2D eigenvalue weighted by atomic mass is 16.5. The van der Waals surface area contributed by atoms with E-state index in [4.69, 9.17) is 14.8 Å². The molecule has 29 heavy (non-hydrogen) atoms. The first kappa shape index (κ1) is 17.5. The minimum Gasteiger partial charge on any atom is -0.479 e. The molecule has 0 spiro atoms. The Hall–Kier alpha value is -3.55. The fraction of sp³-hybridized carbons (Fsp3) is 0.286. The van der Waals surface area contributed by atoms with Gasteiger partial charge in [0, 0.05) is 31.1 Å². The van der Waals surface area contributed by atoms with Crippen LogP contribution in [0.1, 0.15) is 35.8 Å². The van der Waals surface area contributed by atoms with E-state index in [0.29, 0.717) is 17.4 Å². The van der Waals surface area contributed by atoms with Crippen LogP contribution in [0.4, 0.5) is 0 Å². The van der Waals surface area contributed by atoms with Crippen LogP contribution in [-0.2, 0) is 6.54 Å². The van der Waals surface area contributed by atoms with Crippen molar-refractivity contribution in [2.75, 3.05) is 7.11 Å². The number of methoxy groups -OCH3 is 1. The van der Waals surface area contributed by atoms with Crippen molar-refractivity contribution < 1.29 is 4.74 Å². The zero-order valence-electron chi connectivity index (χ0n) is 16.4. The van der Waals surface area contributed by atoms with Gasteiger partial charge < -0.3 is 9.30 Å². The molecule has 0 bridgehead atoms. The molecule has 8 heteroatoms. The monoisotopic (exact) mass is 387 g/mol. The first-order chi connectivity index (χ1) is 14.2. The van der Waals surface area contributed by atoms with E-state index in [1.807, 2.05) is 46.9 Å². The molecule has 0 radical (unpaired) electrons. The van der Waals surface area contributed by atoms with Gasteiger partial charge in [-0.3, -0.25) is 4.98 Å². The van der Waals surface area contributed by atoms with Gasteiger partial charge in [-0.2, -0.15) is 0 Å². The molecule has 0 amide bonds. The number of fused-ring (bicyclic) bond motifs is 1. The molecule has 0 aliphatic carbocycles. The molecular formula is C21H21N7O. The summed E-state index contributed by atoms with van der Waals surface area (Å²) < 4.78 is 9.44. The number of imidazole rings is 1. The molecular weight excluding hydrogens is 366 g/mol. The van der Waals surface area contributed by atoms with E-state index >= 15 is 0 Å². The smallest absolute Gasteiger partial charge is 0.238 e. The molecule has 0 fully saturated rings. The van der Waals surface area contributed by atoms with E-state index in [1.54, 1.807) is 13.4 Å². The van der Waals surface area contributed by atoms with Gasteiger partial charge in [-0.25, -0.2) is 19.6 Å². The lowest BCUT2D eigenvalue weighted by Gasteiger charge is -2.22. The second-order valence-electron chi connectivity index (χ2n) is 7.14. The molecule has 8 nitrogen and oxygen atoms in total. The maximum Gasteiger partial charge on any atom is 0.238 e. The highest BCUT2D eigenvalue weighted by Gasteiger charge is 2.26. The third-order valence-corrected chi connectivity index (χ3v) is 5.24. The summed E-state index contributed by atoms with van der Waals surface area (Å²) in [5.74, 6) is 2.33. The summed E-state index contributed by atoms with van der Waals surface area (Å²) >= 11 is 0. The topological polar surface area (TPSA) is 83.5 Å². The Morgan fingerprint density at radius 3 is 2.72 bits per heavy atom. The van der Waals surface area contributed by atoms with Gasteiger partial charge in [-0.15, -0.1) is 5.10 Å². The van der Waals surface area contributed by atoms with Crippen LogP contribution in [0.15, 0.2) is 49.2 Å². The Morgan fingerprint density at radius 2 is 1.97 bits per heavy atom. The lowest BCUT2D eigenvalue weighted by molar-refractivity contribution is 0.396. The Labute approximate surface area is 168 Å². The third-order valence-electron chi connectivity index (χ3n) is 5.24. The van der Waals surface area contributed by atoms with Crippen molar-refractivity contribution in [3.63, 3.8) is 0 Å². The van der Waals surface area contributed by atoms with Gasteiger partial charge in [0.25, 0.3) is 0 Å². The summed E-state index contributed by atoms with van der Waals surface area (Å²) in [5.41, 5.74) is 3.67. The van der Waals surface area contributed by atoms with E-state index in [9.17, 15) is 0 Å². The van der Waals surface area contributed by atoms with Crippen molar-refractivity contribution in [2.45, 2.75) is 32.2 Å². The number of hydrogen-bond donors (Lipinski definition) is 0. The quantitative estimate of drug-likeness (QED) is 0.535. The van der Waals surface area contributed by atoms with Gasteiger partial charge >= 0.3 is 0 Å². The van der Waals surface area contributed by atoms with Crippen molar-refractivity contribution in [3.05, 3.63) is 66.3 Å². The highest BCUT2D eigenvalue weighted by Crippen LogP contribution is 2.33. The molecule has 0 saturated carbocycles. The molecule has 4 aromatic heterocycles. The fourth-order valence-corrected chi connectivity index (χ4v) is 3.83. The van der Waals surface area contributed by atoms with Crippen LogP contribution in [0.5, 0.6) is 5.88 Å². The standard InChI is InChI=1S/C21H21N7O/c1-14-12-27(13-23-14)18-6-5-17(24-21(18)29-2)19-25-20-16(4-3-11-28(20)26-19)15-7-9-22-10-8-15/h5-10,12-13,16H,3-4,11H2,1-2H3/t16-/m0/s1. The third kappa shape index (κ3) is 3.16. The molecule has 5 rings (SSSR count). The van der Waals surface area contributed by atoms with Gasteiger partial charge in [0.05, 0.1) is 19.1 Å². The molecule has 5 heterocycles. The summed E-state index contributed by atoms with van der Waals surface area (Å²) in [5, 5.41) is 4.73. The number of pyridine rings is 2. The largest absolute Gasteiger partial charge is 0.479 e. The zero-order valence-corrected chi connectivity index (χ0v) is 16.4. The maximum atomic E-state index is 5.53. The van der Waals surface area contributed by atoms with Crippen LogP contribution in [0.2, 0.25) is 0 Å². The van der Waals surface area contributed by atoms with E-state index in [1.165, 1.54) is 5.56 Å². The fourth-order valence-electron chi connectivity index (χ4n) is 3.83. The predicted molar refractivity (Wildman–Crippen MR) is 107 cm³/mol. The highest BCUT2D eigenvalue weighted by molar-refractivity contribution is 5.55. The van der Waals surface area contributed by atoms with Gasteiger partial charge in [0.15, 0.2) is 5.82 Å². The Kier molecular flexibility index (Phi) is 4.31. The molecule has 0 N–H and O–H groups in total. The average Bonchev–Trinajstić information content (AvgIpc) is 3.40. The Morgan fingerprint density at radius 1 is 1.10 bits per heavy atom. The van der Waals surface area contributed by atoms with E-state index in [0.717, 1.165) is 36.6 Å². The lowest BCUT2D eigenvalue weighted by Crippen LogP contribution is -2.17. The summed E-state index contributed by atoms with van der Waals surface area (Å²) in [6, 6.07) is 7.99.